The Hall–Kier alpha value is -3.88. The molecule has 8 nitrogen and oxygen atoms in total. The van der Waals surface area contributed by atoms with Gasteiger partial charge in [0.1, 0.15) is 30.5 Å². The van der Waals surface area contributed by atoms with Crippen LogP contribution in [-0.2, 0) is 19.0 Å². The van der Waals surface area contributed by atoms with Crippen LogP contribution in [0.3, 0.4) is 0 Å². The van der Waals surface area contributed by atoms with E-state index in [0.717, 1.165) is 23.3 Å². The molecule has 244 valence electrons. The fourth-order valence-corrected chi connectivity index (χ4v) is 4.55. The Morgan fingerprint density at radius 3 is 1.62 bits per heavy atom. The van der Waals surface area contributed by atoms with Gasteiger partial charge in [-0.25, -0.2) is 4.79 Å². The molecule has 0 aromatic heterocycles. The van der Waals surface area contributed by atoms with Gasteiger partial charge in [-0.3, -0.25) is 4.79 Å². The lowest BCUT2D eigenvalue weighted by atomic mass is 9.72. The molecule has 0 radical (unpaired) electrons. The van der Waals surface area contributed by atoms with Crippen molar-refractivity contribution in [3.63, 3.8) is 0 Å². The second kappa shape index (κ2) is 17.0. The first kappa shape index (κ1) is 35.6. The van der Waals surface area contributed by atoms with E-state index < -0.39 is 5.97 Å². The van der Waals surface area contributed by atoms with E-state index in [9.17, 15) is 9.59 Å². The standard InChI is InChI=1S/C37H48O8/c1-36(2,3)26-33(37(4,5)6)35(39)44-25-23-42-21-20-41-22-24-43-31-16-12-29(13-17-31)34(38)45-32-18-10-28(11-19-32)27-8-14-30(40-7)15-9-27/h8-19,33H,20-26H2,1-7H3. The third-order valence-corrected chi connectivity index (χ3v) is 7.07. The Labute approximate surface area is 267 Å². The maximum Gasteiger partial charge on any atom is 0.343 e. The van der Waals surface area contributed by atoms with Crippen LogP contribution >= 0.6 is 0 Å². The summed E-state index contributed by atoms with van der Waals surface area (Å²) in [5, 5.41) is 0. The van der Waals surface area contributed by atoms with E-state index in [4.69, 9.17) is 28.4 Å². The number of benzene rings is 3. The van der Waals surface area contributed by atoms with E-state index in [-0.39, 0.29) is 29.3 Å². The predicted molar refractivity (Wildman–Crippen MR) is 175 cm³/mol. The summed E-state index contributed by atoms with van der Waals surface area (Å²) in [6.45, 7) is 14.7. The van der Waals surface area contributed by atoms with E-state index in [0.29, 0.717) is 50.1 Å². The Kier molecular flexibility index (Phi) is 13.4. The second-order valence-electron chi connectivity index (χ2n) is 13.1. The minimum absolute atomic E-state index is 0.0417. The Morgan fingerprint density at radius 1 is 0.622 bits per heavy atom. The van der Waals surface area contributed by atoms with Gasteiger partial charge in [-0.1, -0.05) is 65.8 Å². The van der Waals surface area contributed by atoms with Crippen molar-refractivity contribution in [2.75, 3.05) is 46.8 Å². The van der Waals surface area contributed by atoms with Gasteiger partial charge in [0, 0.05) is 0 Å². The zero-order valence-corrected chi connectivity index (χ0v) is 27.7. The maximum absolute atomic E-state index is 12.6. The molecule has 0 saturated heterocycles. The molecular formula is C37H48O8. The minimum Gasteiger partial charge on any atom is -0.497 e. The van der Waals surface area contributed by atoms with Crippen LogP contribution in [0, 0.1) is 16.7 Å². The van der Waals surface area contributed by atoms with Crippen LogP contribution in [0.4, 0.5) is 0 Å². The van der Waals surface area contributed by atoms with E-state index in [1.165, 1.54) is 0 Å². The highest BCUT2D eigenvalue weighted by Crippen LogP contribution is 2.36. The lowest BCUT2D eigenvalue weighted by molar-refractivity contribution is -0.155. The highest BCUT2D eigenvalue weighted by atomic mass is 16.6. The maximum atomic E-state index is 12.6. The number of esters is 2. The number of carbonyl (C=O) groups is 2. The molecule has 1 unspecified atom stereocenters. The summed E-state index contributed by atoms with van der Waals surface area (Å²) < 4.78 is 33.0. The molecule has 45 heavy (non-hydrogen) atoms. The molecule has 0 saturated carbocycles. The largest absolute Gasteiger partial charge is 0.497 e. The molecule has 0 N–H and O–H groups in total. The summed E-state index contributed by atoms with van der Waals surface area (Å²) in [7, 11) is 1.64. The van der Waals surface area contributed by atoms with Crippen molar-refractivity contribution >= 4 is 11.9 Å². The van der Waals surface area contributed by atoms with Crippen molar-refractivity contribution in [1.82, 2.24) is 0 Å². The van der Waals surface area contributed by atoms with Crippen molar-refractivity contribution in [2.24, 2.45) is 16.7 Å². The van der Waals surface area contributed by atoms with Crippen LogP contribution in [0.25, 0.3) is 11.1 Å². The van der Waals surface area contributed by atoms with E-state index in [1.54, 1.807) is 43.5 Å². The van der Waals surface area contributed by atoms with Crippen molar-refractivity contribution in [1.29, 1.82) is 0 Å². The van der Waals surface area contributed by atoms with Gasteiger partial charge in [0.25, 0.3) is 0 Å². The molecule has 1 atom stereocenters. The van der Waals surface area contributed by atoms with Crippen molar-refractivity contribution in [2.45, 2.75) is 48.0 Å². The summed E-state index contributed by atoms with van der Waals surface area (Å²) in [5.74, 6) is 1.10. The molecule has 3 aromatic rings. The van der Waals surface area contributed by atoms with Gasteiger partial charge in [-0.05, 0) is 76.9 Å². The molecule has 0 fully saturated rings. The molecular weight excluding hydrogens is 572 g/mol. The molecule has 3 rings (SSSR count). The zero-order valence-electron chi connectivity index (χ0n) is 27.7. The lowest BCUT2D eigenvalue weighted by Gasteiger charge is -2.33. The fraction of sp³-hybridized carbons (Fsp3) is 0.459. The highest BCUT2D eigenvalue weighted by Gasteiger charge is 2.35. The Bertz CT molecular complexity index is 1320. The van der Waals surface area contributed by atoms with Gasteiger partial charge < -0.3 is 28.4 Å². The number of ether oxygens (including phenoxy) is 6. The molecule has 0 heterocycles. The van der Waals surface area contributed by atoms with Crippen molar-refractivity contribution < 1.29 is 38.0 Å². The highest BCUT2D eigenvalue weighted by molar-refractivity contribution is 5.91. The van der Waals surface area contributed by atoms with E-state index in [2.05, 4.69) is 41.5 Å². The molecule has 3 aromatic carbocycles. The summed E-state index contributed by atoms with van der Waals surface area (Å²) >= 11 is 0. The van der Waals surface area contributed by atoms with Gasteiger partial charge >= 0.3 is 11.9 Å². The lowest BCUT2D eigenvalue weighted by Crippen LogP contribution is -2.34. The summed E-state index contributed by atoms with van der Waals surface area (Å²) in [4.78, 5) is 25.2. The van der Waals surface area contributed by atoms with E-state index >= 15 is 0 Å². The van der Waals surface area contributed by atoms with Gasteiger partial charge in [0.05, 0.1) is 45.0 Å². The Morgan fingerprint density at radius 2 is 1.11 bits per heavy atom. The first-order valence-corrected chi connectivity index (χ1v) is 15.4. The number of hydrogen-bond acceptors (Lipinski definition) is 8. The quantitative estimate of drug-likeness (QED) is 0.0917. The smallest absolute Gasteiger partial charge is 0.343 e. The van der Waals surface area contributed by atoms with Gasteiger partial charge in [-0.2, -0.15) is 0 Å². The van der Waals surface area contributed by atoms with Gasteiger partial charge in [0.2, 0.25) is 0 Å². The second-order valence-corrected chi connectivity index (χ2v) is 13.1. The van der Waals surface area contributed by atoms with Crippen LogP contribution in [0.15, 0.2) is 72.8 Å². The number of hydrogen-bond donors (Lipinski definition) is 0. The Balaban J connectivity index is 1.28. The molecule has 0 aliphatic carbocycles. The molecule has 0 spiro atoms. The predicted octanol–water partition coefficient (Wildman–Crippen LogP) is 7.64. The molecule has 0 aliphatic heterocycles. The monoisotopic (exact) mass is 620 g/mol. The SMILES string of the molecule is COc1ccc(-c2ccc(OC(=O)c3ccc(OCCOCCOCCOC(=O)C(CC(C)(C)C)C(C)(C)C)cc3)cc2)cc1. The zero-order chi connectivity index (χ0) is 32.9. The van der Waals surface area contributed by atoms with Crippen LogP contribution in [0.5, 0.6) is 17.2 Å². The molecule has 0 aliphatic rings. The number of rotatable bonds is 16. The van der Waals surface area contributed by atoms with Crippen LogP contribution in [0.1, 0.15) is 58.3 Å². The fourth-order valence-electron chi connectivity index (χ4n) is 4.55. The number of carbonyl (C=O) groups excluding carboxylic acids is 2. The normalized spacial score (nSPS) is 12.3. The van der Waals surface area contributed by atoms with Crippen LogP contribution in [-0.4, -0.2) is 58.7 Å². The average Bonchev–Trinajstić information content (AvgIpc) is 3.00. The molecule has 0 amide bonds. The van der Waals surface area contributed by atoms with Crippen LogP contribution in [0.2, 0.25) is 0 Å². The topological polar surface area (TPSA) is 89.5 Å². The molecule has 8 heteroatoms. The van der Waals surface area contributed by atoms with Gasteiger partial charge in [-0.15, -0.1) is 0 Å². The first-order valence-electron chi connectivity index (χ1n) is 15.4. The van der Waals surface area contributed by atoms with Gasteiger partial charge in [0.15, 0.2) is 0 Å². The average molecular weight is 621 g/mol. The summed E-state index contributed by atoms with van der Waals surface area (Å²) in [6, 6.07) is 21.9. The molecule has 0 bridgehead atoms. The van der Waals surface area contributed by atoms with Crippen molar-refractivity contribution in [3.8, 4) is 28.4 Å². The minimum atomic E-state index is -0.448. The third-order valence-electron chi connectivity index (χ3n) is 7.07. The van der Waals surface area contributed by atoms with Crippen molar-refractivity contribution in [3.05, 3.63) is 78.4 Å². The van der Waals surface area contributed by atoms with E-state index in [1.807, 2.05) is 36.4 Å². The van der Waals surface area contributed by atoms with Crippen LogP contribution < -0.4 is 14.2 Å². The summed E-state index contributed by atoms with van der Waals surface area (Å²) in [6.07, 6.45) is 0.769. The first-order chi connectivity index (χ1) is 21.4. The third kappa shape index (κ3) is 12.6. The number of methoxy groups -OCH3 is 1. The summed E-state index contributed by atoms with van der Waals surface area (Å²) in [5.41, 5.74) is 2.35.